The molecule has 280 valence electrons. The zero-order chi connectivity index (χ0) is 39.6. The molecule has 2 heteroatoms. The Labute approximate surface area is 347 Å². The summed E-state index contributed by atoms with van der Waals surface area (Å²) in [5, 5.41) is 12.3. The molecule has 0 aliphatic carbocycles. The maximum absolute atomic E-state index is 6.41. The van der Waals surface area contributed by atoms with Crippen molar-refractivity contribution >= 4 is 82.1 Å². The van der Waals surface area contributed by atoms with Gasteiger partial charge in [-0.15, -0.1) is 0 Å². The van der Waals surface area contributed by atoms with Gasteiger partial charge in [0.05, 0.1) is 11.1 Å². The van der Waals surface area contributed by atoms with E-state index in [1.54, 1.807) is 0 Å². The van der Waals surface area contributed by atoms with Gasteiger partial charge < -0.3 is 9.32 Å². The van der Waals surface area contributed by atoms with Crippen LogP contribution in [-0.4, -0.2) is 0 Å². The molecule has 0 atom stereocenters. The molecule has 0 saturated carbocycles. The molecular formula is C58H37NO. The first kappa shape index (κ1) is 34.1. The van der Waals surface area contributed by atoms with Crippen molar-refractivity contribution in [2.24, 2.45) is 0 Å². The van der Waals surface area contributed by atoms with E-state index >= 15 is 0 Å². The summed E-state index contributed by atoms with van der Waals surface area (Å²) >= 11 is 0. The minimum absolute atomic E-state index is 0.868. The van der Waals surface area contributed by atoms with Gasteiger partial charge >= 0.3 is 0 Å². The van der Waals surface area contributed by atoms with E-state index in [9.17, 15) is 0 Å². The van der Waals surface area contributed by atoms with Crippen molar-refractivity contribution in [3.8, 4) is 33.4 Å². The second kappa shape index (κ2) is 13.9. The zero-order valence-electron chi connectivity index (χ0n) is 32.7. The minimum Gasteiger partial charge on any atom is -0.456 e. The number of hydrogen-bond donors (Lipinski definition) is 0. The molecule has 0 fully saturated rings. The van der Waals surface area contributed by atoms with E-state index in [0.29, 0.717) is 0 Å². The largest absolute Gasteiger partial charge is 0.456 e. The topological polar surface area (TPSA) is 16.4 Å². The highest BCUT2D eigenvalue weighted by Crippen LogP contribution is 2.44. The summed E-state index contributed by atoms with van der Waals surface area (Å²) in [5.74, 6) is 0. The Morgan fingerprint density at radius 1 is 0.267 bits per heavy atom. The maximum Gasteiger partial charge on any atom is 0.137 e. The zero-order valence-corrected chi connectivity index (χ0v) is 32.7. The summed E-state index contributed by atoms with van der Waals surface area (Å²) in [6.45, 7) is 0. The van der Waals surface area contributed by atoms with Crippen LogP contribution in [-0.2, 0) is 0 Å². The van der Waals surface area contributed by atoms with Crippen molar-refractivity contribution in [2.75, 3.05) is 4.90 Å². The molecule has 1 aromatic heterocycles. The van der Waals surface area contributed by atoms with E-state index < -0.39 is 0 Å². The molecule has 12 rings (SSSR count). The number of rotatable bonds is 6. The van der Waals surface area contributed by atoms with Crippen molar-refractivity contribution in [1.29, 1.82) is 0 Å². The number of fused-ring (bicyclic) bond motifs is 9. The van der Waals surface area contributed by atoms with Crippen molar-refractivity contribution in [2.45, 2.75) is 0 Å². The normalized spacial score (nSPS) is 11.7. The Kier molecular flexibility index (Phi) is 7.89. The monoisotopic (exact) mass is 763 g/mol. The number of para-hydroxylation sites is 1. The molecule has 0 aliphatic rings. The lowest BCUT2D eigenvalue weighted by molar-refractivity contribution is 0.669. The number of benzene rings is 11. The molecule has 0 N–H and O–H groups in total. The van der Waals surface area contributed by atoms with Crippen LogP contribution in [0.1, 0.15) is 0 Å². The van der Waals surface area contributed by atoms with Crippen LogP contribution in [0.3, 0.4) is 0 Å². The van der Waals surface area contributed by atoms with Crippen LogP contribution in [0.15, 0.2) is 229 Å². The number of nitrogens with zero attached hydrogens (tertiary/aromatic N) is 1. The molecule has 0 radical (unpaired) electrons. The van der Waals surface area contributed by atoms with Crippen LogP contribution < -0.4 is 4.90 Å². The molecular weight excluding hydrogens is 727 g/mol. The Bertz CT molecular complexity index is 3600. The minimum atomic E-state index is 0.868. The van der Waals surface area contributed by atoms with Gasteiger partial charge in [-0.3, -0.25) is 0 Å². The Morgan fingerprint density at radius 2 is 0.767 bits per heavy atom. The first-order valence-corrected chi connectivity index (χ1v) is 20.6. The maximum atomic E-state index is 6.41. The molecule has 2 nitrogen and oxygen atoms in total. The SMILES string of the molecule is c1cc(-c2ccc3c(ccc4ccccc43)c2)cc(N(c2ccc(-c3ccc(-c4ccc5ccc6ccccc6c5c4)cc3)cc2)c2cccc3oc4ccccc4c23)c1. The molecule has 0 bridgehead atoms. The van der Waals surface area contributed by atoms with Gasteiger partial charge in [-0.25, -0.2) is 0 Å². The quantitative estimate of drug-likeness (QED) is 0.157. The standard InChI is InChI=1S/C58H37NO/c1-3-13-50-41(9-1)26-28-47-35-45(31-34-52(47)50)44-11-7-12-49(36-44)59(55-16-8-18-57-58(55)53-15-5-6-17-56(53)60-57)48-32-29-39(30-33-48)38-19-21-40(22-20-38)46-27-25-43-24-23-42-10-2-4-14-51(42)54(43)37-46/h1-37H. The molecule has 0 amide bonds. The van der Waals surface area contributed by atoms with Crippen LogP contribution in [0.4, 0.5) is 17.1 Å². The number of furan rings is 1. The average molecular weight is 764 g/mol. The molecule has 11 aromatic carbocycles. The second-order valence-electron chi connectivity index (χ2n) is 15.7. The molecule has 12 aromatic rings. The first-order chi connectivity index (χ1) is 29.7. The average Bonchev–Trinajstić information content (AvgIpc) is 3.71. The van der Waals surface area contributed by atoms with Crippen LogP contribution in [0.2, 0.25) is 0 Å². The van der Waals surface area contributed by atoms with Crippen LogP contribution >= 0.6 is 0 Å². The predicted molar refractivity (Wildman–Crippen MR) is 255 cm³/mol. The van der Waals surface area contributed by atoms with Gasteiger partial charge in [-0.1, -0.05) is 170 Å². The molecule has 60 heavy (non-hydrogen) atoms. The molecule has 0 spiro atoms. The lowest BCUT2D eigenvalue weighted by atomic mass is 9.96. The van der Waals surface area contributed by atoms with E-state index in [0.717, 1.165) is 44.6 Å². The third kappa shape index (κ3) is 5.73. The van der Waals surface area contributed by atoms with Crippen LogP contribution in [0, 0.1) is 0 Å². The summed E-state index contributed by atoms with van der Waals surface area (Å²) in [7, 11) is 0. The smallest absolute Gasteiger partial charge is 0.137 e. The van der Waals surface area contributed by atoms with Gasteiger partial charge in [-0.2, -0.15) is 0 Å². The predicted octanol–water partition coefficient (Wildman–Crippen LogP) is 16.7. The Morgan fingerprint density at radius 3 is 1.53 bits per heavy atom. The summed E-state index contributed by atoms with van der Waals surface area (Å²) in [4.78, 5) is 2.37. The van der Waals surface area contributed by atoms with Crippen molar-refractivity contribution < 1.29 is 4.42 Å². The summed E-state index contributed by atoms with van der Waals surface area (Å²) in [6, 6.07) is 81.3. The summed E-state index contributed by atoms with van der Waals surface area (Å²) < 4.78 is 6.41. The van der Waals surface area contributed by atoms with Gasteiger partial charge in [0, 0.05) is 16.8 Å². The second-order valence-corrected chi connectivity index (χ2v) is 15.7. The van der Waals surface area contributed by atoms with Crippen molar-refractivity contribution in [1.82, 2.24) is 0 Å². The molecule has 0 aliphatic heterocycles. The van der Waals surface area contributed by atoms with E-state index in [1.165, 1.54) is 70.9 Å². The van der Waals surface area contributed by atoms with Gasteiger partial charge in [0.2, 0.25) is 0 Å². The van der Waals surface area contributed by atoms with E-state index in [4.69, 9.17) is 4.42 Å². The molecule has 0 saturated heterocycles. The third-order valence-electron chi connectivity index (χ3n) is 12.2. The van der Waals surface area contributed by atoms with Gasteiger partial charge in [-0.05, 0) is 131 Å². The van der Waals surface area contributed by atoms with Gasteiger partial charge in [0.1, 0.15) is 11.2 Å². The highest BCUT2D eigenvalue weighted by molar-refractivity contribution is 6.14. The van der Waals surface area contributed by atoms with Crippen molar-refractivity contribution in [3.05, 3.63) is 224 Å². The molecule has 0 unspecified atom stereocenters. The lowest BCUT2D eigenvalue weighted by Crippen LogP contribution is -2.10. The fourth-order valence-corrected chi connectivity index (χ4v) is 9.23. The lowest BCUT2D eigenvalue weighted by Gasteiger charge is -2.27. The Balaban J connectivity index is 0.934. The fourth-order valence-electron chi connectivity index (χ4n) is 9.23. The van der Waals surface area contributed by atoms with E-state index in [2.05, 4.69) is 223 Å². The number of anilines is 3. The van der Waals surface area contributed by atoms with Crippen LogP contribution in [0.25, 0.3) is 98.4 Å². The van der Waals surface area contributed by atoms with Crippen molar-refractivity contribution in [3.63, 3.8) is 0 Å². The van der Waals surface area contributed by atoms with E-state index in [-0.39, 0.29) is 0 Å². The Hall–Kier alpha value is -7.94. The highest BCUT2D eigenvalue weighted by Gasteiger charge is 2.20. The van der Waals surface area contributed by atoms with E-state index in [1.807, 2.05) is 6.07 Å². The third-order valence-corrected chi connectivity index (χ3v) is 12.2. The summed E-state index contributed by atoms with van der Waals surface area (Å²) in [5.41, 5.74) is 12.1. The highest BCUT2D eigenvalue weighted by atomic mass is 16.3. The first-order valence-electron chi connectivity index (χ1n) is 20.6. The summed E-state index contributed by atoms with van der Waals surface area (Å²) in [6.07, 6.45) is 0. The number of hydrogen-bond acceptors (Lipinski definition) is 2. The van der Waals surface area contributed by atoms with Gasteiger partial charge in [0.25, 0.3) is 0 Å². The van der Waals surface area contributed by atoms with Crippen LogP contribution in [0.5, 0.6) is 0 Å². The van der Waals surface area contributed by atoms with Gasteiger partial charge in [0.15, 0.2) is 0 Å². The molecule has 1 heterocycles. The fraction of sp³-hybridized carbons (Fsp3) is 0.